The Morgan fingerprint density at radius 3 is 2.15 bits per heavy atom. The number of hydrogen-bond donors (Lipinski definition) is 1. The van der Waals surface area contributed by atoms with Crippen LogP contribution in [0, 0.1) is 11.3 Å². The molecule has 13 heavy (non-hydrogen) atoms. The Bertz CT molecular complexity index is 206. The third-order valence-electron chi connectivity index (χ3n) is 1.37. The van der Waals surface area contributed by atoms with Crippen molar-refractivity contribution in [1.29, 1.82) is 0 Å². The summed E-state index contributed by atoms with van der Waals surface area (Å²) < 4.78 is 13.8. The summed E-state index contributed by atoms with van der Waals surface area (Å²) in [5, 5.41) is 0. The first-order valence-electron chi connectivity index (χ1n) is 4.43. The number of carbonyl (C=O) groups excluding carboxylic acids is 1. The minimum absolute atomic E-state index is 0.161. The van der Waals surface area contributed by atoms with Crippen LogP contribution in [-0.4, -0.2) is 15.9 Å². The molecule has 0 aromatic heterocycles. The molecule has 1 amide bonds. The van der Waals surface area contributed by atoms with Crippen molar-refractivity contribution >= 4 is 16.9 Å². The molecule has 0 aromatic rings. The van der Waals surface area contributed by atoms with E-state index in [0.29, 0.717) is 11.7 Å². The first-order valence-corrected chi connectivity index (χ1v) is 5.75. The van der Waals surface area contributed by atoms with Gasteiger partial charge in [-0.15, -0.1) is 0 Å². The Labute approximate surface area is 82.9 Å². The molecular formula is C9H19NO2S. The van der Waals surface area contributed by atoms with E-state index in [1.165, 1.54) is 0 Å². The lowest BCUT2D eigenvalue weighted by Crippen LogP contribution is -2.37. The Morgan fingerprint density at radius 1 is 1.38 bits per heavy atom. The number of rotatable bonds is 3. The molecule has 78 valence electrons. The zero-order chi connectivity index (χ0) is 10.6. The molecule has 1 atom stereocenters. The minimum Gasteiger partial charge on any atom is -0.275 e. The maximum Gasteiger partial charge on any atom is 0.237 e. The number of amides is 1. The number of nitrogens with one attached hydrogen (secondary N) is 1. The Balaban J connectivity index is 4.01. The highest BCUT2D eigenvalue weighted by atomic mass is 32.2. The van der Waals surface area contributed by atoms with Crippen LogP contribution < -0.4 is 4.72 Å². The van der Waals surface area contributed by atoms with E-state index in [2.05, 4.69) is 4.72 Å². The molecule has 1 N–H and O–H groups in total. The van der Waals surface area contributed by atoms with Gasteiger partial charge < -0.3 is 0 Å². The zero-order valence-electron chi connectivity index (χ0n) is 9.01. The van der Waals surface area contributed by atoms with Gasteiger partial charge in [0.25, 0.3) is 0 Å². The second kappa shape index (κ2) is 4.74. The summed E-state index contributed by atoms with van der Waals surface area (Å²) in [5.74, 6) is 0.689. The molecular weight excluding hydrogens is 186 g/mol. The molecule has 3 nitrogen and oxygen atoms in total. The monoisotopic (exact) mass is 205 g/mol. The van der Waals surface area contributed by atoms with Gasteiger partial charge in [-0.05, 0) is 5.92 Å². The molecule has 0 fully saturated rings. The van der Waals surface area contributed by atoms with E-state index in [1.807, 2.05) is 13.8 Å². The van der Waals surface area contributed by atoms with E-state index in [4.69, 9.17) is 0 Å². The average Bonchev–Trinajstić information content (AvgIpc) is 1.82. The van der Waals surface area contributed by atoms with Crippen molar-refractivity contribution in [3.63, 3.8) is 0 Å². The molecule has 0 aliphatic carbocycles. The molecule has 1 unspecified atom stereocenters. The summed E-state index contributed by atoms with van der Waals surface area (Å²) >= 11 is 0. The van der Waals surface area contributed by atoms with Gasteiger partial charge in [0.1, 0.15) is 11.0 Å². The van der Waals surface area contributed by atoms with Crippen LogP contribution >= 0.6 is 0 Å². The van der Waals surface area contributed by atoms with Crippen LogP contribution in [0.4, 0.5) is 0 Å². The highest BCUT2D eigenvalue weighted by molar-refractivity contribution is 7.83. The van der Waals surface area contributed by atoms with Gasteiger partial charge in [0, 0.05) is 11.2 Å². The highest BCUT2D eigenvalue weighted by Gasteiger charge is 2.22. The number of hydrogen-bond acceptors (Lipinski definition) is 2. The molecule has 0 aliphatic heterocycles. The van der Waals surface area contributed by atoms with Crippen molar-refractivity contribution in [3.05, 3.63) is 0 Å². The van der Waals surface area contributed by atoms with Gasteiger partial charge >= 0.3 is 0 Å². The van der Waals surface area contributed by atoms with Crippen LogP contribution in [0.1, 0.15) is 34.6 Å². The van der Waals surface area contributed by atoms with Crippen LogP contribution in [0.2, 0.25) is 0 Å². The summed E-state index contributed by atoms with van der Waals surface area (Å²) in [5.41, 5.74) is -0.466. The largest absolute Gasteiger partial charge is 0.275 e. The predicted molar refractivity (Wildman–Crippen MR) is 55.4 cm³/mol. The predicted octanol–water partition coefficient (Wildman–Crippen LogP) is 1.47. The molecule has 0 heterocycles. The summed E-state index contributed by atoms with van der Waals surface area (Å²) in [6.07, 6.45) is 0. The van der Waals surface area contributed by atoms with Crippen molar-refractivity contribution in [2.24, 2.45) is 11.3 Å². The molecule has 0 rings (SSSR count). The second-order valence-corrected chi connectivity index (χ2v) is 5.82. The fraction of sp³-hybridized carbons (Fsp3) is 0.889. The van der Waals surface area contributed by atoms with Gasteiger partial charge in [-0.2, -0.15) is 0 Å². The first-order chi connectivity index (χ1) is 5.73. The van der Waals surface area contributed by atoms with Crippen LogP contribution in [0.15, 0.2) is 0 Å². The van der Waals surface area contributed by atoms with Crippen molar-refractivity contribution in [2.75, 3.05) is 5.75 Å². The normalized spacial score (nSPS) is 14.3. The third kappa shape index (κ3) is 5.80. The Kier molecular flexibility index (Phi) is 4.61. The summed E-state index contributed by atoms with van der Waals surface area (Å²) in [6, 6.07) is 0. The van der Waals surface area contributed by atoms with E-state index < -0.39 is 16.4 Å². The topological polar surface area (TPSA) is 46.2 Å². The van der Waals surface area contributed by atoms with Gasteiger partial charge in [-0.25, -0.2) is 4.21 Å². The SMILES string of the molecule is CC(C)CS(=O)NC(=O)C(C)(C)C. The maximum absolute atomic E-state index is 11.4. The van der Waals surface area contributed by atoms with Gasteiger partial charge in [-0.3, -0.25) is 9.52 Å². The lowest BCUT2D eigenvalue weighted by atomic mass is 9.96. The Morgan fingerprint density at radius 2 is 1.85 bits per heavy atom. The zero-order valence-corrected chi connectivity index (χ0v) is 9.83. The lowest BCUT2D eigenvalue weighted by Gasteiger charge is -2.17. The fourth-order valence-corrected chi connectivity index (χ4v) is 1.80. The average molecular weight is 205 g/mol. The Hall–Kier alpha value is -0.380. The number of carbonyl (C=O) groups is 1. The van der Waals surface area contributed by atoms with Crippen molar-refractivity contribution in [3.8, 4) is 0 Å². The van der Waals surface area contributed by atoms with E-state index in [-0.39, 0.29) is 5.91 Å². The van der Waals surface area contributed by atoms with Gasteiger partial charge in [0.05, 0.1) is 0 Å². The summed E-state index contributed by atoms with van der Waals surface area (Å²) in [7, 11) is -1.23. The lowest BCUT2D eigenvalue weighted by molar-refractivity contribution is -0.126. The summed E-state index contributed by atoms with van der Waals surface area (Å²) in [6.45, 7) is 9.35. The smallest absolute Gasteiger partial charge is 0.237 e. The molecule has 4 heteroatoms. The highest BCUT2D eigenvalue weighted by Crippen LogP contribution is 2.12. The van der Waals surface area contributed by atoms with Crippen molar-refractivity contribution < 1.29 is 9.00 Å². The van der Waals surface area contributed by atoms with Crippen LogP contribution in [-0.2, 0) is 15.8 Å². The standard InChI is InChI=1S/C9H19NO2S/c1-7(2)6-13(12)10-8(11)9(3,4)5/h7H,6H2,1-5H3,(H,10,11). The van der Waals surface area contributed by atoms with Crippen LogP contribution in [0.5, 0.6) is 0 Å². The second-order valence-electron chi connectivity index (χ2n) is 4.59. The molecule has 0 aromatic carbocycles. The van der Waals surface area contributed by atoms with E-state index in [0.717, 1.165) is 0 Å². The molecule has 0 saturated heterocycles. The van der Waals surface area contributed by atoms with Crippen molar-refractivity contribution in [2.45, 2.75) is 34.6 Å². The molecule has 0 aliphatic rings. The molecule has 0 radical (unpaired) electrons. The summed E-state index contributed by atoms with van der Waals surface area (Å²) in [4.78, 5) is 11.4. The van der Waals surface area contributed by atoms with Gasteiger partial charge in [0.15, 0.2) is 0 Å². The van der Waals surface area contributed by atoms with Gasteiger partial charge in [-0.1, -0.05) is 34.6 Å². The van der Waals surface area contributed by atoms with Crippen LogP contribution in [0.3, 0.4) is 0 Å². The van der Waals surface area contributed by atoms with E-state index >= 15 is 0 Å². The fourth-order valence-electron chi connectivity index (χ4n) is 0.601. The van der Waals surface area contributed by atoms with Crippen molar-refractivity contribution in [1.82, 2.24) is 4.72 Å². The van der Waals surface area contributed by atoms with E-state index in [1.54, 1.807) is 20.8 Å². The first kappa shape index (κ1) is 12.6. The quantitative estimate of drug-likeness (QED) is 0.758. The van der Waals surface area contributed by atoms with E-state index in [9.17, 15) is 9.00 Å². The maximum atomic E-state index is 11.4. The third-order valence-corrected chi connectivity index (χ3v) is 2.75. The van der Waals surface area contributed by atoms with Crippen LogP contribution in [0.25, 0.3) is 0 Å². The minimum atomic E-state index is -1.23. The molecule has 0 spiro atoms. The van der Waals surface area contributed by atoms with Gasteiger partial charge in [0.2, 0.25) is 5.91 Å². The molecule has 0 saturated carbocycles. The molecule has 0 bridgehead atoms.